The van der Waals surface area contributed by atoms with Crippen LogP contribution in [0.15, 0.2) is 59.7 Å². The van der Waals surface area contributed by atoms with Gasteiger partial charge in [0, 0.05) is 54.4 Å². The molecule has 168 valence electrons. The molecule has 0 bridgehead atoms. The van der Waals surface area contributed by atoms with E-state index in [1.165, 1.54) is 16.6 Å². The van der Waals surface area contributed by atoms with Crippen molar-refractivity contribution >= 4 is 10.9 Å². The van der Waals surface area contributed by atoms with E-state index in [9.17, 15) is 4.79 Å². The van der Waals surface area contributed by atoms with E-state index in [1.54, 1.807) is 10.6 Å². The third-order valence-corrected chi connectivity index (χ3v) is 5.75. The van der Waals surface area contributed by atoms with Gasteiger partial charge in [0.25, 0.3) is 5.56 Å². The molecule has 3 heterocycles. The summed E-state index contributed by atoms with van der Waals surface area (Å²) in [4.78, 5) is 17.2. The smallest absolute Gasteiger partial charge is 0.255 e. The molecule has 0 fully saturated rings. The van der Waals surface area contributed by atoms with Gasteiger partial charge in [-0.1, -0.05) is 39.8 Å². The fourth-order valence-electron chi connectivity index (χ4n) is 4.11. The molecular weight excluding hydrogens is 396 g/mol. The molecule has 1 aromatic carbocycles. The van der Waals surface area contributed by atoms with Gasteiger partial charge in [0.2, 0.25) is 0 Å². The number of benzene rings is 1. The van der Waals surface area contributed by atoms with Crippen LogP contribution in [-0.4, -0.2) is 20.7 Å². The molecule has 0 aliphatic heterocycles. The quantitative estimate of drug-likeness (QED) is 0.446. The molecule has 5 nitrogen and oxygen atoms in total. The van der Waals surface area contributed by atoms with Crippen molar-refractivity contribution < 1.29 is 0 Å². The summed E-state index contributed by atoms with van der Waals surface area (Å²) < 4.78 is 3.95. The number of aromatic nitrogens is 3. The lowest BCUT2D eigenvalue weighted by Crippen LogP contribution is -2.16. The van der Waals surface area contributed by atoms with Crippen molar-refractivity contribution in [3.8, 4) is 16.8 Å². The van der Waals surface area contributed by atoms with Crippen LogP contribution in [-0.2, 0) is 20.0 Å². The van der Waals surface area contributed by atoms with Crippen molar-refractivity contribution in [1.29, 1.82) is 0 Å². The van der Waals surface area contributed by atoms with Gasteiger partial charge in [-0.25, -0.2) is 0 Å². The topological polar surface area (TPSA) is 51.9 Å². The Morgan fingerprint density at radius 1 is 1.00 bits per heavy atom. The third kappa shape index (κ3) is 4.53. The Bertz CT molecular complexity index is 1250. The molecule has 0 aliphatic carbocycles. The largest absolute Gasteiger partial charge is 0.347 e. The Balaban J connectivity index is 0.00000141. The number of hydrogen-bond donors (Lipinski definition) is 1. The van der Waals surface area contributed by atoms with Crippen molar-refractivity contribution in [3.05, 3.63) is 82.2 Å². The highest BCUT2D eigenvalue weighted by Crippen LogP contribution is 2.28. The SMILES string of the molecule is CC.CCNCc1c(CC)n(C)c2cc(-n3ccc(-c4ccc(C)nc4)cc3=O)ccc12. The van der Waals surface area contributed by atoms with Gasteiger partial charge >= 0.3 is 0 Å². The lowest BCUT2D eigenvalue weighted by Gasteiger charge is -2.09. The van der Waals surface area contributed by atoms with E-state index in [2.05, 4.69) is 47.9 Å². The molecule has 4 rings (SSSR count). The molecular formula is C27H34N4O. The molecule has 0 aliphatic rings. The Labute approximate surface area is 190 Å². The van der Waals surface area contributed by atoms with E-state index in [-0.39, 0.29) is 5.56 Å². The van der Waals surface area contributed by atoms with Crippen molar-refractivity contribution in [2.75, 3.05) is 6.54 Å². The van der Waals surface area contributed by atoms with Crippen LogP contribution in [0.4, 0.5) is 0 Å². The lowest BCUT2D eigenvalue weighted by atomic mass is 10.1. The Morgan fingerprint density at radius 3 is 2.41 bits per heavy atom. The van der Waals surface area contributed by atoms with Crippen LogP contribution in [0.2, 0.25) is 0 Å². The first-order valence-corrected chi connectivity index (χ1v) is 11.5. The van der Waals surface area contributed by atoms with E-state index in [0.29, 0.717) is 0 Å². The van der Waals surface area contributed by atoms with Gasteiger partial charge in [-0.05, 0) is 55.3 Å². The van der Waals surface area contributed by atoms with Crippen LogP contribution < -0.4 is 10.9 Å². The van der Waals surface area contributed by atoms with Gasteiger partial charge in [0.05, 0.1) is 11.2 Å². The molecule has 32 heavy (non-hydrogen) atoms. The van der Waals surface area contributed by atoms with Gasteiger partial charge in [-0.3, -0.25) is 14.3 Å². The number of rotatable bonds is 6. The third-order valence-electron chi connectivity index (χ3n) is 5.75. The molecule has 0 saturated heterocycles. The zero-order valence-corrected chi connectivity index (χ0v) is 20.1. The second kappa shape index (κ2) is 10.4. The Morgan fingerprint density at radius 2 is 1.78 bits per heavy atom. The zero-order chi connectivity index (χ0) is 23.3. The van der Waals surface area contributed by atoms with Crippen LogP contribution in [0.5, 0.6) is 0 Å². The van der Waals surface area contributed by atoms with Crippen LogP contribution in [0.3, 0.4) is 0 Å². The Hall–Kier alpha value is -3.18. The Kier molecular flexibility index (Phi) is 7.65. The summed E-state index contributed by atoms with van der Waals surface area (Å²) in [5.41, 5.74) is 7.44. The summed E-state index contributed by atoms with van der Waals surface area (Å²) >= 11 is 0. The number of hydrogen-bond acceptors (Lipinski definition) is 3. The molecule has 0 radical (unpaired) electrons. The summed E-state index contributed by atoms with van der Waals surface area (Å²) in [6, 6.07) is 13.9. The van der Waals surface area contributed by atoms with Gasteiger partial charge in [0.15, 0.2) is 0 Å². The molecule has 5 heteroatoms. The van der Waals surface area contributed by atoms with E-state index < -0.39 is 0 Å². The van der Waals surface area contributed by atoms with Gasteiger partial charge < -0.3 is 9.88 Å². The number of fused-ring (bicyclic) bond motifs is 1. The van der Waals surface area contributed by atoms with Crippen molar-refractivity contribution in [2.45, 2.75) is 47.6 Å². The number of nitrogens with one attached hydrogen (secondary N) is 1. The highest BCUT2D eigenvalue weighted by atomic mass is 16.1. The molecule has 0 atom stereocenters. The summed E-state index contributed by atoms with van der Waals surface area (Å²) in [7, 11) is 2.11. The maximum absolute atomic E-state index is 12.9. The van der Waals surface area contributed by atoms with Crippen molar-refractivity contribution in [3.63, 3.8) is 0 Å². The standard InChI is InChI=1S/C25H28N4O.C2H6/c1-5-23-22(16-26-6-2)21-10-9-20(14-24(21)28(23)4)29-12-11-18(13-25(29)30)19-8-7-17(3)27-15-19;1-2/h7-15,26H,5-6,16H2,1-4H3;1-2H3. The first kappa shape index (κ1) is 23.5. The average molecular weight is 431 g/mol. The van der Waals surface area contributed by atoms with E-state index in [1.807, 2.05) is 57.4 Å². The molecule has 0 amide bonds. The maximum Gasteiger partial charge on any atom is 0.255 e. The predicted octanol–water partition coefficient (Wildman–Crippen LogP) is 5.40. The molecule has 0 unspecified atom stereocenters. The first-order valence-electron chi connectivity index (χ1n) is 11.5. The molecule has 4 aromatic rings. The summed E-state index contributed by atoms with van der Waals surface area (Å²) in [6.07, 6.45) is 4.63. The summed E-state index contributed by atoms with van der Waals surface area (Å²) in [5, 5.41) is 4.70. The highest BCUT2D eigenvalue weighted by molar-refractivity contribution is 5.87. The second-order valence-electron chi connectivity index (χ2n) is 7.63. The van der Waals surface area contributed by atoms with E-state index in [0.717, 1.165) is 47.5 Å². The maximum atomic E-state index is 12.9. The predicted molar refractivity (Wildman–Crippen MR) is 135 cm³/mol. The summed E-state index contributed by atoms with van der Waals surface area (Å²) in [6.45, 7) is 12.1. The summed E-state index contributed by atoms with van der Waals surface area (Å²) in [5.74, 6) is 0. The van der Waals surface area contributed by atoms with Gasteiger partial charge in [-0.2, -0.15) is 0 Å². The monoisotopic (exact) mass is 430 g/mol. The minimum Gasteiger partial charge on any atom is -0.347 e. The molecule has 3 aromatic heterocycles. The van der Waals surface area contributed by atoms with Crippen molar-refractivity contribution in [2.24, 2.45) is 7.05 Å². The number of nitrogens with zero attached hydrogens (tertiary/aromatic N) is 3. The van der Waals surface area contributed by atoms with Crippen LogP contribution in [0.25, 0.3) is 27.7 Å². The van der Waals surface area contributed by atoms with E-state index in [4.69, 9.17) is 0 Å². The highest BCUT2D eigenvalue weighted by Gasteiger charge is 2.14. The second-order valence-corrected chi connectivity index (χ2v) is 7.63. The first-order chi connectivity index (χ1) is 15.5. The minimum absolute atomic E-state index is 0.0507. The normalized spacial score (nSPS) is 10.8. The molecule has 0 saturated carbocycles. The lowest BCUT2D eigenvalue weighted by molar-refractivity contribution is 0.715. The minimum atomic E-state index is -0.0507. The van der Waals surface area contributed by atoms with Gasteiger partial charge in [-0.15, -0.1) is 0 Å². The molecule has 0 spiro atoms. The van der Waals surface area contributed by atoms with Crippen molar-refractivity contribution in [1.82, 2.24) is 19.4 Å². The van der Waals surface area contributed by atoms with E-state index >= 15 is 0 Å². The number of aryl methyl sites for hydroxylation is 2. The number of pyridine rings is 2. The zero-order valence-electron chi connectivity index (χ0n) is 20.1. The molecule has 1 N–H and O–H groups in total. The van der Waals surface area contributed by atoms with Gasteiger partial charge in [0.1, 0.15) is 0 Å². The fourth-order valence-corrected chi connectivity index (χ4v) is 4.11. The van der Waals surface area contributed by atoms with Crippen LogP contribution in [0.1, 0.15) is 44.6 Å². The van der Waals surface area contributed by atoms with Crippen LogP contribution in [0, 0.1) is 6.92 Å². The fraction of sp³-hybridized carbons (Fsp3) is 0.333. The van der Waals surface area contributed by atoms with Crippen LogP contribution >= 0.6 is 0 Å². The average Bonchev–Trinajstić information content (AvgIpc) is 3.09.